The first-order valence-corrected chi connectivity index (χ1v) is 9.55. The standard InChI is InChI=1S/C20H23N7O2/c1-11-3-4-16(13-6-14-8-24-26-18(14)23-7-13)27(10-11)20(29)19(28)25-15-5-12(2)17(21)22-9-15/h5-9,11,16H,3-4,10H2,1-2H3,(H2,21,22)(H,25,28)(H,23,24,26)/t11-,16+/m0/s1. The minimum absolute atomic E-state index is 0.206. The average Bonchev–Trinajstić information content (AvgIpc) is 3.18. The third-order valence-electron chi connectivity index (χ3n) is 5.35. The van der Waals surface area contributed by atoms with Crippen LogP contribution in [0.2, 0.25) is 0 Å². The first kappa shape index (κ1) is 18.9. The van der Waals surface area contributed by atoms with Gasteiger partial charge in [-0.15, -0.1) is 0 Å². The molecule has 2 amide bonds. The van der Waals surface area contributed by atoms with Crippen molar-refractivity contribution in [2.75, 3.05) is 17.6 Å². The van der Waals surface area contributed by atoms with E-state index in [1.54, 1.807) is 30.3 Å². The zero-order valence-corrected chi connectivity index (χ0v) is 16.3. The number of nitrogen functional groups attached to an aromatic ring is 1. The lowest BCUT2D eigenvalue weighted by atomic mass is 9.90. The van der Waals surface area contributed by atoms with Crippen LogP contribution in [0.25, 0.3) is 11.0 Å². The summed E-state index contributed by atoms with van der Waals surface area (Å²) in [4.78, 5) is 35.7. The van der Waals surface area contributed by atoms with E-state index in [9.17, 15) is 9.59 Å². The molecule has 0 unspecified atom stereocenters. The van der Waals surface area contributed by atoms with Gasteiger partial charge in [-0.05, 0) is 48.9 Å². The summed E-state index contributed by atoms with van der Waals surface area (Å²) >= 11 is 0. The third kappa shape index (κ3) is 3.75. The van der Waals surface area contributed by atoms with E-state index in [0.717, 1.165) is 29.4 Å². The number of H-pyrrole nitrogens is 1. The maximum absolute atomic E-state index is 13.0. The van der Waals surface area contributed by atoms with Crippen LogP contribution in [0.15, 0.2) is 30.7 Å². The van der Waals surface area contributed by atoms with E-state index >= 15 is 0 Å². The molecule has 150 valence electrons. The van der Waals surface area contributed by atoms with Crippen molar-refractivity contribution >= 4 is 34.4 Å². The number of fused-ring (bicyclic) bond motifs is 1. The number of aromatic amines is 1. The summed E-state index contributed by atoms with van der Waals surface area (Å²) in [5, 5.41) is 10.3. The summed E-state index contributed by atoms with van der Waals surface area (Å²) in [7, 11) is 0. The van der Waals surface area contributed by atoms with Gasteiger partial charge in [-0.1, -0.05) is 6.92 Å². The van der Waals surface area contributed by atoms with Crippen LogP contribution in [0, 0.1) is 12.8 Å². The number of carbonyl (C=O) groups is 2. The van der Waals surface area contributed by atoms with Gasteiger partial charge in [0.1, 0.15) is 5.82 Å². The van der Waals surface area contributed by atoms with Crippen LogP contribution in [-0.2, 0) is 9.59 Å². The van der Waals surface area contributed by atoms with Gasteiger partial charge in [0, 0.05) is 18.1 Å². The van der Waals surface area contributed by atoms with Crippen LogP contribution in [0.4, 0.5) is 11.5 Å². The molecule has 4 N–H and O–H groups in total. The summed E-state index contributed by atoms with van der Waals surface area (Å²) < 4.78 is 0. The average molecular weight is 393 g/mol. The van der Waals surface area contributed by atoms with Crippen LogP contribution in [0.1, 0.15) is 36.9 Å². The second-order valence-electron chi connectivity index (χ2n) is 7.61. The first-order chi connectivity index (χ1) is 13.9. The highest BCUT2D eigenvalue weighted by Crippen LogP contribution is 2.34. The molecule has 1 aliphatic heterocycles. The van der Waals surface area contributed by atoms with E-state index in [0.29, 0.717) is 29.6 Å². The molecule has 0 aromatic carbocycles. The van der Waals surface area contributed by atoms with Crippen molar-refractivity contribution in [2.45, 2.75) is 32.7 Å². The van der Waals surface area contributed by atoms with Crippen molar-refractivity contribution in [3.63, 3.8) is 0 Å². The molecule has 29 heavy (non-hydrogen) atoms. The quantitative estimate of drug-likeness (QED) is 0.572. The molecule has 9 nitrogen and oxygen atoms in total. The number of aromatic nitrogens is 4. The lowest BCUT2D eigenvalue weighted by Crippen LogP contribution is -2.46. The number of piperidine rings is 1. The molecular weight excluding hydrogens is 370 g/mol. The zero-order chi connectivity index (χ0) is 20.5. The third-order valence-corrected chi connectivity index (χ3v) is 5.35. The Labute approximate surface area is 167 Å². The van der Waals surface area contributed by atoms with E-state index in [1.807, 2.05) is 6.07 Å². The summed E-state index contributed by atoms with van der Waals surface area (Å²) in [6.45, 7) is 4.39. The van der Waals surface area contributed by atoms with Crippen LogP contribution in [0.5, 0.6) is 0 Å². The number of hydrogen-bond acceptors (Lipinski definition) is 6. The molecule has 0 spiro atoms. The highest BCUT2D eigenvalue weighted by molar-refractivity contribution is 6.39. The number of nitrogens with zero attached hydrogens (tertiary/aromatic N) is 4. The number of anilines is 2. The maximum Gasteiger partial charge on any atom is 0.313 e. The van der Waals surface area contributed by atoms with Crippen LogP contribution in [-0.4, -0.2) is 43.4 Å². The Morgan fingerprint density at radius 3 is 2.83 bits per heavy atom. The monoisotopic (exact) mass is 393 g/mol. The molecule has 0 radical (unpaired) electrons. The zero-order valence-electron chi connectivity index (χ0n) is 16.3. The molecule has 4 heterocycles. The molecule has 1 saturated heterocycles. The number of aryl methyl sites for hydroxylation is 1. The minimum Gasteiger partial charge on any atom is -0.383 e. The maximum atomic E-state index is 13.0. The molecule has 3 aromatic rings. The normalized spacial score (nSPS) is 19.3. The summed E-state index contributed by atoms with van der Waals surface area (Å²) in [6.07, 6.45) is 6.63. The fourth-order valence-electron chi connectivity index (χ4n) is 3.73. The predicted octanol–water partition coefficient (Wildman–Crippen LogP) is 2.18. The number of rotatable bonds is 2. The topological polar surface area (TPSA) is 130 Å². The highest BCUT2D eigenvalue weighted by Gasteiger charge is 2.34. The minimum atomic E-state index is -0.688. The largest absolute Gasteiger partial charge is 0.383 e. The predicted molar refractivity (Wildman–Crippen MR) is 109 cm³/mol. The number of pyridine rings is 2. The second-order valence-corrected chi connectivity index (χ2v) is 7.61. The van der Waals surface area contributed by atoms with Crippen LogP contribution in [0.3, 0.4) is 0 Å². The van der Waals surface area contributed by atoms with Gasteiger partial charge < -0.3 is 16.0 Å². The van der Waals surface area contributed by atoms with Gasteiger partial charge in [0.25, 0.3) is 0 Å². The van der Waals surface area contributed by atoms with Gasteiger partial charge in [-0.3, -0.25) is 14.7 Å². The molecule has 1 aliphatic rings. The number of carbonyl (C=O) groups excluding carboxylic acids is 2. The molecular formula is C20H23N7O2. The van der Waals surface area contributed by atoms with Gasteiger partial charge in [0.05, 0.1) is 24.1 Å². The van der Waals surface area contributed by atoms with Crippen LogP contribution < -0.4 is 11.1 Å². The number of hydrogen-bond donors (Lipinski definition) is 3. The Bertz CT molecular complexity index is 1080. The Balaban J connectivity index is 1.57. The number of likely N-dealkylation sites (tertiary alicyclic amines) is 1. The van der Waals surface area contributed by atoms with Gasteiger partial charge in [0.15, 0.2) is 5.65 Å². The smallest absolute Gasteiger partial charge is 0.313 e. The summed E-state index contributed by atoms with van der Waals surface area (Å²) in [5.41, 5.74) is 8.49. The van der Waals surface area contributed by atoms with Gasteiger partial charge in [0.2, 0.25) is 0 Å². The molecule has 1 fully saturated rings. The van der Waals surface area contributed by atoms with E-state index in [4.69, 9.17) is 5.73 Å². The van der Waals surface area contributed by atoms with Gasteiger partial charge in [-0.2, -0.15) is 5.10 Å². The number of nitrogens with one attached hydrogen (secondary N) is 2. The van der Waals surface area contributed by atoms with Crippen molar-refractivity contribution in [3.8, 4) is 0 Å². The van der Waals surface area contributed by atoms with Gasteiger partial charge >= 0.3 is 11.8 Å². The molecule has 0 bridgehead atoms. The second kappa shape index (κ2) is 7.50. The van der Waals surface area contributed by atoms with E-state index in [1.165, 1.54) is 6.20 Å². The fourth-order valence-corrected chi connectivity index (χ4v) is 3.73. The van der Waals surface area contributed by atoms with Gasteiger partial charge in [-0.25, -0.2) is 9.97 Å². The lowest BCUT2D eigenvalue weighted by molar-refractivity contribution is -0.146. The molecule has 4 rings (SSSR count). The molecule has 9 heteroatoms. The Kier molecular flexibility index (Phi) is 4.87. The Morgan fingerprint density at radius 2 is 2.03 bits per heavy atom. The van der Waals surface area contributed by atoms with Crippen molar-refractivity contribution < 1.29 is 9.59 Å². The SMILES string of the molecule is Cc1cc(NC(=O)C(=O)N2C[C@@H](C)CC[C@@H]2c2cnc3[nH]ncc3c2)cnc1N. The number of nitrogens with two attached hydrogens (primary N) is 1. The Hall–Kier alpha value is -3.49. The van der Waals surface area contributed by atoms with E-state index in [2.05, 4.69) is 32.4 Å². The summed E-state index contributed by atoms with van der Waals surface area (Å²) in [6, 6.07) is 3.46. The molecule has 0 saturated carbocycles. The van der Waals surface area contributed by atoms with E-state index < -0.39 is 11.8 Å². The summed E-state index contributed by atoms with van der Waals surface area (Å²) in [5.74, 6) is -0.550. The van der Waals surface area contributed by atoms with Crippen molar-refractivity contribution in [2.24, 2.45) is 5.92 Å². The van der Waals surface area contributed by atoms with Crippen molar-refractivity contribution in [1.29, 1.82) is 0 Å². The molecule has 2 atom stereocenters. The van der Waals surface area contributed by atoms with Crippen molar-refractivity contribution in [3.05, 3.63) is 41.9 Å². The molecule has 3 aromatic heterocycles. The highest BCUT2D eigenvalue weighted by atomic mass is 16.2. The lowest BCUT2D eigenvalue weighted by Gasteiger charge is -2.38. The fraction of sp³-hybridized carbons (Fsp3) is 0.350. The van der Waals surface area contributed by atoms with Crippen LogP contribution >= 0.6 is 0 Å². The molecule has 0 aliphatic carbocycles. The first-order valence-electron chi connectivity index (χ1n) is 9.55. The van der Waals surface area contributed by atoms with Crippen molar-refractivity contribution in [1.82, 2.24) is 25.1 Å². The number of amides is 2. The van der Waals surface area contributed by atoms with E-state index in [-0.39, 0.29) is 6.04 Å². The Morgan fingerprint density at radius 1 is 1.21 bits per heavy atom.